The van der Waals surface area contributed by atoms with Crippen LogP contribution in [0, 0.1) is 23.2 Å². The van der Waals surface area contributed by atoms with Gasteiger partial charge in [0, 0.05) is 5.41 Å². The Kier molecular flexibility index (Phi) is 6.75. The Balaban J connectivity index is 1.54. The van der Waals surface area contributed by atoms with E-state index in [1.807, 2.05) is 20.8 Å². The molecule has 188 valence electrons. The zero-order valence-corrected chi connectivity index (χ0v) is 19.7. The summed E-state index contributed by atoms with van der Waals surface area (Å²) in [5.41, 5.74) is -0.514. The van der Waals surface area contributed by atoms with Gasteiger partial charge in [-0.05, 0) is 77.2 Å². The lowest BCUT2D eigenvalue weighted by Crippen LogP contribution is -2.56. The van der Waals surface area contributed by atoms with E-state index in [1.54, 1.807) is 0 Å². The fourth-order valence-electron chi connectivity index (χ4n) is 5.62. The van der Waals surface area contributed by atoms with E-state index < -0.39 is 45.6 Å². The number of carbonyl (C=O) groups is 2. The van der Waals surface area contributed by atoms with Crippen molar-refractivity contribution in [3.63, 3.8) is 0 Å². The minimum atomic E-state index is -6.01. The quantitative estimate of drug-likeness (QED) is 0.291. The maximum Gasteiger partial charge on any atom is 0.465 e. The highest BCUT2D eigenvalue weighted by Crippen LogP contribution is 2.61. The van der Waals surface area contributed by atoms with Crippen LogP contribution < -0.4 is 0 Å². The molecule has 9 nitrogen and oxygen atoms in total. The number of esters is 2. The Morgan fingerprint density at radius 3 is 2.18 bits per heavy atom. The minimum absolute atomic E-state index is 0.0514. The molecule has 4 aliphatic carbocycles. The minimum Gasteiger partial charge on any atom is -0.465 e. The number of rotatable bonds is 9. The van der Waals surface area contributed by atoms with E-state index in [-0.39, 0.29) is 23.2 Å². The normalized spacial score (nSPS) is 31.1. The van der Waals surface area contributed by atoms with Gasteiger partial charge in [-0.2, -0.15) is 17.2 Å². The second-order valence-electron chi connectivity index (χ2n) is 10.4. The highest BCUT2D eigenvalue weighted by Gasteiger charge is 2.57. The molecule has 12 heteroatoms. The molecule has 2 unspecified atom stereocenters. The maximum atomic E-state index is 13.2. The Labute approximate surface area is 191 Å². The predicted molar refractivity (Wildman–Crippen MR) is 109 cm³/mol. The van der Waals surface area contributed by atoms with E-state index >= 15 is 0 Å². The number of hydrogen-bond donors (Lipinski definition) is 1. The number of ether oxygens (including phenoxy) is 4. The van der Waals surface area contributed by atoms with Crippen molar-refractivity contribution in [3.8, 4) is 0 Å². The first-order chi connectivity index (χ1) is 15.0. The monoisotopic (exact) mass is 496 g/mol. The Morgan fingerprint density at radius 1 is 1.09 bits per heavy atom. The molecule has 0 aromatic heterocycles. The average Bonchev–Trinajstić information content (AvgIpc) is 2.64. The van der Waals surface area contributed by atoms with Crippen molar-refractivity contribution in [1.29, 1.82) is 0 Å². The second-order valence-corrected chi connectivity index (χ2v) is 11.8. The first kappa shape index (κ1) is 25.7. The molecule has 2 atom stereocenters. The van der Waals surface area contributed by atoms with Crippen molar-refractivity contribution in [2.75, 3.05) is 13.2 Å². The molecular weight excluding hydrogens is 466 g/mol. The third kappa shape index (κ3) is 5.76. The molecule has 4 fully saturated rings. The van der Waals surface area contributed by atoms with Crippen LogP contribution in [0.15, 0.2) is 12.5 Å². The summed E-state index contributed by atoms with van der Waals surface area (Å²) in [4.78, 5) is 23.4. The van der Waals surface area contributed by atoms with Crippen LogP contribution in [-0.4, -0.2) is 55.1 Å². The Bertz CT molecular complexity index is 893. The van der Waals surface area contributed by atoms with Crippen molar-refractivity contribution >= 4 is 22.1 Å². The van der Waals surface area contributed by atoms with Crippen molar-refractivity contribution in [2.45, 2.75) is 69.8 Å². The van der Waals surface area contributed by atoms with Crippen LogP contribution in [0.3, 0.4) is 0 Å². The van der Waals surface area contributed by atoms with Crippen LogP contribution in [-0.2, 0) is 38.7 Å². The molecule has 4 bridgehead atoms. The second kappa shape index (κ2) is 8.68. The molecule has 0 aliphatic heterocycles. The molecule has 0 radical (unpaired) electrons. The maximum absolute atomic E-state index is 13.2. The van der Waals surface area contributed by atoms with Crippen molar-refractivity contribution < 1.29 is 50.3 Å². The van der Waals surface area contributed by atoms with Gasteiger partial charge in [0.25, 0.3) is 5.95 Å². The lowest BCUT2D eigenvalue weighted by Gasteiger charge is -2.59. The van der Waals surface area contributed by atoms with Crippen LogP contribution in [0.5, 0.6) is 0 Å². The molecule has 4 saturated carbocycles. The molecule has 1 N–H and O–H groups in total. The molecule has 0 amide bonds. The summed E-state index contributed by atoms with van der Waals surface area (Å²) in [5.74, 6) is -2.77. The largest absolute Gasteiger partial charge is 0.465 e. The lowest BCUT2D eigenvalue weighted by atomic mass is 9.49. The number of hydrogen-bond acceptors (Lipinski definition) is 8. The van der Waals surface area contributed by atoms with Crippen LogP contribution in [0.1, 0.15) is 52.9 Å². The number of halogens is 2. The van der Waals surface area contributed by atoms with E-state index in [4.69, 9.17) is 18.8 Å². The third-order valence-corrected chi connectivity index (χ3v) is 7.24. The standard InChI is InChI=1S/C21H30F2O9S/c1-12(32-19(2,3)4)30-11-20-7-13-5-14(8-20)17(15(6-13)9-20)31-16(24)10-29-18(25)21(22,23)33(26,27)28/h13-15,17H,1,5-11H2,2-4H3,(H,26,27,28). The van der Waals surface area contributed by atoms with Crippen molar-refractivity contribution in [1.82, 2.24) is 0 Å². The molecule has 0 aromatic rings. The third-order valence-electron chi connectivity index (χ3n) is 6.42. The van der Waals surface area contributed by atoms with Crippen molar-refractivity contribution in [3.05, 3.63) is 12.5 Å². The highest BCUT2D eigenvalue weighted by molar-refractivity contribution is 7.87. The van der Waals surface area contributed by atoms with E-state index in [0.29, 0.717) is 12.5 Å². The van der Waals surface area contributed by atoms with E-state index in [0.717, 1.165) is 32.1 Å². The van der Waals surface area contributed by atoms with E-state index in [9.17, 15) is 26.8 Å². The zero-order valence-electron chi connectivity index (χ0n) is 18.8. The predicted octanol–water partition coefficient (Wildman–Crippen LogP) is 3.05. The topological polar surface area (TPSA) is 125 Å². The molecule has 4 aliphatic rings. The first-order valence-electron chi connectivity index (χ1n) is 10.7. The average molecular weight is 497 g/mol. The van der Waals surface area contributed by atoms with E-state index in [2.05, 4.69) is 11.3 Å². The van der Waals surface area contributed by atoms with Gasteiger partial charge in [0.05, 0.1) is 6.61 Å². The van der Waals surface area contributed by atoms with Gasteiger partial charge in [0.2, 0.25) is 0 Å². The SMILES string of the molecule is C=C(OCC12CC3CC(C1)C(OC(=O)COC(=O)C(F)(F)S(=O)(=O)O)C(C3)C2)OC(C)(C)C. The highest BCUT2D eigenvalue weighted by atomic mass is 32.2. The summed E-state index contributed by atoms with van der Waals surface area (Å²) in [6.07, 6.45) is 3.76. The first-order valence-corrected chi connectivity index (χ1v) is 12.2. The Morgan fingerprint density at radius 2 is 1.67 bits per heavy atom. The van der Waals surface area contributed by atoms with Gasteiger partial charge < -0.3 is 18.9 Å². The summed E-state index contributed by atoms with van der Waals surface area (Å²) in [7, 11) is -6.01. The van der Waals surface area contributed by atoms with Gasteiger partial charge in [-0.25, -0.2) is 9.59 Å². The molecule has 0 spiro atoms. The van der Waals surface area contributed by atoms with Gasteiger partial charge in [-0.1, -0.05) is 0 Å². The summed E-state index contributed by atoms with van der Waals surface area (Å²) in [5, 5.41) is -5.16. The van der Waals surface area contributed by atoms with E-state index in [1.165, 1.54) is 0 Å². The van der Waals surface area contributed by atoms with Crippen LogP contribution in [0.4, 0.5) is 8.78 Å². The number of alkyl halides is 2. The summed E-state index contributed by atoms with van der Waals surface area (Å²) < 4.78 is 77.0. The summed E-state index contributed by atoms with van der Waals surface area (Å²) in [6.45, 7) is 8.76. The van der Waals surface area contributed by atoms with Crippen LogP contribution in [0.2, 0.25) is 0 Å². The zero-order chi connectivity index (χ0) is 24.8. The molecule has 0 aromatic carbocycles. The summed E-state index contributed by atoms with van der Waals surface area (Å²) >= 11 is 0. The van der Waals surface area contributed by atoms with Crippen LogP contribution in [0.25, 0.3) is 0 Å². The smallest absolute Gasteiger partial charge is 0.465 e. The Hall–Kier alpha value is -1.95. The fraction of sp³-hybridized carbons (Fsp3) is 0.810. The fourth-order valence-corrected chi connectivity index (χ4v) is 5.89. The lowest BCUT2D eigenvalue weighted by molar-refractivity contribution is -0.195. The van der Waals surface area contributed by atoms with Crippen LogP contribution >= 0.6 is 0 Å². The van der Waals surface area contributed by atoms with Gasteiger partial charge in [-0.15, -0.1) is 0 Å². The van der Waals surface area contributed by atoms with Crippen molar-refractivity contribution in [2.24, 2.45) is 23.2 Å². The molecule has 4 rings (SSSR count). The van der Waals surface area contributed by atoms with Gasteiger partial charge in [-0.3, -0.25) is 4.55 Å². The van der Waals surface area contributed by atoms with Gasteiger partial charge in [0.15, 0.2) is 6.61 Å². The van der Waals surface area contributed by atoms with Gasteiger partial charge in [0.1, 0.15) is 11.7 Å². The van der Waals surface area contributed by atoms with Gasteiger partial charge >= 0.3 is 27.3 Å². The molecule has 0 saturated heterocycles. The molecule has 33 heavy (non-hydrogen) atoms. The molecule has 0 heterocycles. The number of carbonyl (C=O) groups excluding carboxylic acids is 2. The summed E-state index contributed by atoms with van der Waals surface area (Å²) in [6, 6.07) is 0. The molecular formula is C21H30F2O9S.